The molecule has 0 bridgehead atoms. The van der Waals surface area contributed by atoms with E-state index in [0.717, 1.165) is 48.7 Å². The summed E-state index contributed by atoms with van der Waals surface area (Å²) >= 11 is 0. The Hall–Kier alpha value is -2.20. The van der Waals surface area contributed by atoms with Crippen LogP contribution < -0.4 is 4.90 Å². The quantitative estimate of drug-likeness (QED) is 0.776. The molecule has 0 saturated carbocycles. The van der Waals surface area contributed by atoms with Crippen LogP contribution in [0, 0.1) is 11.7 Å². The van der Waals surface area contributed by atoms with Crippen LogP contribution in [-0.2, 0) is 0 Å². The Morgan fingerprint density at radius 1 is 1.00 bits per heavy atom. The predicted octanol–water partition coefficient (Wildman–Crippen LogP) is 4.37. The fourth-order valence-corrected chi connectivity index (χ4v) is 3.77. The molecule has 1 saturated heterocycles. The zero-order valence-electron chi connectivity index (χ0n) is 14.2. The Balaban J connectivity index is 1.88. The standard InChI is InChI=1S/C20H22FN3/c1-23-11-9-14(10-12-23)20-16-5-3-4-6-18(16)24(2)19-8-7-15(21)13-17(19)22-20/h3-8,13-14H,9-12H2,1-2H3. The van der Waals surface area contributed by atoms with Crippen LogP contribution in [0.2, 0.25) is 0 Å². The molecule has 1 fully saturated rings. The van der Waals surface area contributed by atoms with E-state index in [2.05, 4.69) is 41.1 Å². The monoisotopic (exact) mass is 323 g/mol. The van der Waals surface area contributed by atoms with Gasteiger partial charge in [0.25, 0.3) is 0 Å². The van der Waals surface area contributed by atoms with Gasteiger partial charge in [-0.15, -0.1) is 0 Å². The molecule has 2 heterocycles. The molecule has 0 aliphatic carbocycles. The first-order valence-electron chi connectivity index (χ1n) is 8.53. The summed E-state index contributed by atoms with van der Waals surface area (Å²) in [5.74, 6) is 0.185. The van der Waals surface area contributed by atoms with E-state index in [1.165, 1.54) is 11.6 Å². The van der Waals surface area contributed by atoms with Crippen molar-refractivity contribution in [1.29, 1.82) is 0 Å². The minimum atomic E-state index is -0.236. The van der Waals surface area contributed by atoms with Gasteiger partial charge in [-0.25, -0.2) is 4.39 Å². The Bertz CT molecular complexity index is 791. The lowest BCUT2D eigenvalue weighted by molar-refractivity contribution is 0.252. The molecule has 0 spiro atoms. The fraction of sp³-hybridized carbons (Fsp3) is 0.350. The second-order valence-electron chi connectivity index (χ2n) is 6.78. The molecule has 3 nitrogen and oxygen atoms in total. The van der Waals surface area contributed by atoms with Crippen molar-refractivity contribution < 1.29 is 4.39 Å². The number of nitrogens with zero attached hydrogens (tertiary/aromatic N) is 3. The van der Waals surface area contributed by atoms with Crippen molar-refractivity contribution >= 4 is 22.8 Å². The van der Waals surface area contributed by atoms with Gasteiger partial charge < -0.3 is 9.80 Å². The Kier molecular flexibility index (Phi) is 3.85. The molecule has 2 aromatic carbocycles. The third-order valence-corrected chi connectivity index (χ3v) is 5.19. The molecule has 4 heteroatoms. The number of aliphatic imine (C=N–C) groups is 1. The normalized spacial score (nSPS) is 18.6. The summed E-state index contributed by atoms with van der Waals surface area (Å²) in [6.07, 6.45) is 2.19. The number of hydrogen-bond acceptors (Lipinski definition) is 3. The highest BCUT2D eigenvalue weighted by molar-refractivity contribution is 6.10. The topological polar surface area (TPSA) is 18.8 Å². The highest BCUT2D eigenvalue weighted by atomic mass is 19.1. The number of anilines is 2. The summed E-state index contributed by atoms with van der Waals surface area (Å²) in [4.78, 5) is 9.44. The Labute approximate surface area is 142 Å². The average Bonchev–Trinajstić information content (AvgIpc) is 2.71. The summed E-state index contributed by atoms with van der Waals surface area (Å²) in [6, 6.07) is 13.3. The number of likely N-dealkylation sites (tertiary alicyclic amines) is 1. The Morgan fingerprint density at radius 3 is 2.54 bits per heavy atom. The third kappa shape index (κ3) is 2.61. The lowest BCUT2D eigenvalue weighted by atomic mass is 9.87. The van der Waals surface area contributed by atoms with Crippen molar-refractivity contribution in [2.45, 2.75) is 12.8 Å². The molecule has 2 aliphatic rings. The van der Waals surface area contributed by atoms with E-state index in [9.17, 15) is 4.39 Å². The van der Waals surface area contributed by atoms with Crippen LogP contribution in [0.4, 0.5) is 21.5 Å². The molecule has 2 aromatic rings. The maximum Gasteiger partial charge on any atom is 0.125 e. The van der Waals surface area contributed by atoms with Crippen LogP contribution in [0.5, 0.6) is 0 Å². The van der Waals surface area contributed by atoms with Crippen molar-refractivity contribution in [3.05, 3.63) is 53.8 Å². The van der Waals surface area contributed by atoms with Gasteiger partial charge in [0.15, 0.2) is 0 Å². The molecular weight excluding hydrogens is 301 g/mol. The van der Waals surface area contributed by atoms with E-state index in [1.807, 2.05) is 13.1 Å². The second-order valence-corrected chi connectivity index (χ2v) is 6.78. The van der Waals surface area contributed by atoms with Crippen LogP contribution >= 0.6 is 0 Å². The number of benzene rings is 2. The number of hydrogen-bond donors (Lipinski definition) is 0. The highest BCUT2D eigenvalue weighted by Crippen LogP contribution is 2.40. The first-order chi connectivity index (χ1) is 11.6. The van der Waals surface area contributed by atoms with Crippen LogP contribution in [0.1, 0.15) is 18.4 Å². The molecule has 124 valence electrons. The molecule has 0 N–H and O–H groups in total. The largest absolute Gasteiger partial charge is 0.342 e. The molecule has 2 aliphatic heterocycles. The minimum Gasteiger partial charge on any atom is -0.342 e. The molecule has 4 rings (SSSR count). The second kappa shape index (κ2) is 6.02. The molecule has 0 unspecified atom stereocenters. The summed E-state index contributed by atoms with van der Waals surface area (Å²) < 4.78 is 13.8. The van der Waals surface area contributed by atoms with Crippen molar-refractivity contribution in [2.24, 2.45) is 10.9 Å². The average molecular weight is 323 g/mol. The molecule has 0 aromatic heterocycles. The van der Waals surface area contributed by atoms with Crippen molar-refractivity contribution in [3.63, 3.8) is 0 Å². The number of fused-ring (bicyclic) bond motifs is 2. The van der Waals surface area contributed by atoms with Crippen molar-refractivity contribution in [3.8, 4) is 0 Å². The molecule has 0 amide bonds. The van der Waals surface area contributed by atoms with Crippen LogP contribution in [-0.4, -0.2) is 37.8 Å². The zero-order chi connectivity index (χ0) is 16.7. The third-order valence-electron chi connectivity index (χ3n) is 5.19. The SMILES string of the molecule is CN1CCC(C2=Nc3cc(F)ccc3N(C)c3ccccc32)CC1. The van der Waals surface area contributed by atoms with Crippen LogP contribution in [0.3, 0.4) is 0 Å². The first-order valence-corrected chi connectivity index (χ1v) is 8.53. The summed E-state index contributed by atoms with van der Waals surface area (Å²) in [7, 11) is 4.19. The van der Waals surface area contributed by atoms with Crippen molar-refractivity contribution in [2.75, 3.05) is 32.1 Å². The van der Waals surface area contributed by atoms with Gasteiger partial charge in [-0.1, -0.05) is 18.2 Å². The lowest BCUT2D eigenvalue weighted by Crippen LogP contribution is -2.34. The minimum absolute atomic E-state index is 0.236. The number of rotatable bonds is 1. The smallest absolute Gasteiger partial charge is 0.125 e. The molecular formula is C20H22FN3. The number of piperidine rings is 1. The van der Waals surface area contributed by atoms with Gasteiger partial charge in [-0.2, -0.15) is 0 Å². The maximum atomic E-state index is 13.8. The molecule has 24 heavy (non-hydrogen) atoms. The van der Waals surface area contributed by atoms with E-state index in [1.54, 1.807) is 6.07 Å². The van der Waals surface area contributed by atoms with Crippen molar-refractivity contribution in [1.82, 2.24) is 4.90 Å². The summed E-state index contributed by atoms with van der Waals surface area (Å²) in [6.45, 7) is 2.16. The predicted molar refractivity (Wildman–Crippen MR) is 97.3 cm³/mol. The van der Waals surface area contributed by atoms with Gasteiger partial charge in [-0.3, -0.25) is 4.99 Å². The zero-order valence-corrected chi connectivity index (χ0v) is 14.2. The van der Waals surface area contributed by atoms with Crippen LogP contribution in [0.25, 0.3) is 0 Å². The lowest BCUT2D eigenvalue weighted by Gasteiger charge is -2.30. The van der Waals surface area contributed by atoms with Gasteiger partial charge in [0.1, 0.15) is 5.82 Å². The van der Waals surface area contributed by atoms with Gasteiger partial charge >= 0.3 is 0 Å². The summed E-state index contributed by atoms with van der Waals surface area (Å²) in [5.41, 5.74) is 5.09. The van der Waals surface area contributed by atoms with Gasteiger partial charge in [-0.05, 0) is 51.2 Å². The first kappa shape index (κ1) is 15.3. The molecule has 0 atom stereocenters. The van der Waals surface area contributed by atoms with Gasteiger partial charge in [0, 0.05) is 24.6 Å². The van der Waals surface area contributed by atoms with Crippen LogP contribution in [0.15, 0.2) is 47.5 Å². The van der Waals surface area contributed by atoms with E-state index >= 15 is 0 Å². The Morgan fingerprint density at radius 2 is 1.75 bits per heavy atom. The van der Waals surface area contributed by atoms with Gasteiger partial charge in [0.05, 0.1) is 22.8 Å². The maximum absolute atomic E-state index is 13.8. The van der Waals surface area contributed by atoms with E-state index in [4.69, 9.17) is 4.99 Å². The van der Waals surface area contributed by atoms with E-state index in [-0.39, 0.29) is 5.82 Å². The van der Waals surface area contributed by atoms with Gasteiger partial charge in [0.2, 0.25) is 0 Å². The number of halogens is 1. The number of para-hydroxylation sites is 1. The fourth-order valence-electron chi connectivity index (χ4n) is 3.77. The van der Waals surface area contributed by atoms with E-state index < -0.39 is 0 Å². The molecule has 0 radical (unpaired) electrons. The highest BCUT2D eigenvalue weighted by Gasteiger charge is 2.28. The summed E-state index contributed by atoms with van der Waals surface area (Å²) in [5, 5.41) is 0. The van der Waals surface area contributed by atoms with E-state index in [0.29, 0.717) is 5.92 Å².